The van der Waals surface area contributed by atoms with Crippen LogP contribution in [0.15, 0.2) is 59.6 Å². The molecule has 0 aliphatic carbocycles. The standard InChI is InChI=1S/C17H18BrN5O/c1-2-16(23-12-14(18)10-20-23)17(24)21-15-6-3-5-13(9-15)11-22-8-4-7-19-22/h3-10,12,16H,2,11H2,1H3,(H,21,24). The lowest BCUT2D eigenvalue weighted by Crippen LogP contribution is -2.26. The molecule has 1 amide bonds. The molecule has 7 heteroatoms. The molecule has 2 heterocycles. The first-order valence-electron chi connectivity index (χ1n) is 7.72. The molecule has 0 fully saturated rings. The average Bonchev–Trinajstić information content (AvgIpc) is 3.20. The summed E-state index contributed by atoms with van der Waals surface area (Å²) in [7, 11) is 0. The van der Waals surface area contributed by atoms with Gasteiger partial charge in [0.15, 0.2) is 0 Å². The molecular formula is C17H18BrN5O. The van der Waals surface area contributed by atoms with E-state index >= 15 is 0 Å². The zero-order valence-electron chi connectivity index (χ0n) is 13.3. The largest absolute Gasteiger partial charge is 0.324 e. The smallest absolute Gasteiger partial charge is 0.249 e. The maximum absolute atomic E-state index is 12.6. The average molecular weight is 388 g/mol. The predicted molar refractivity (Wildman–Crippen MR) is 95.7 cm³/mol. The first-order valence-corrected chi connectivity index (χ1v) is 8.52. The molecule has 0 aliphatic heterocycles. The van der Waals surface area contributed by atoms with E-state index in [9.17, 15) is 4.79 Å². The van der Waals surface area contributed by atoms with Crippen molar-refractivity contribution in [2.45, 2.75) is 25.9 Å². The lowest BCUT2D eigenvalue weighted by atomic mass is 10.1. The van der Waals surface area contributed by atoms with E-state index in [1.165, 1.54) is 0 Å². The fourth-order valence-corrected chi connectivity index (χ4v) is 2.83. The Morgan fingerprint density at radius 2 is 2.21 bits per heavy atom. The van der Waals surface area contributed by atoms with Crippen LogP contribution in [0.5, 0.6) is 0 Å². The number of carbonyl (C=O) groups excluding carboxylic acids is 1. The number of aromatic nitrogens is 4. The Hall–Kier alpha value is -2.41. The topological polar surface area (TPSA) is 64.7 Å². The lowest BCUT2D eigenvalue weighted by molar-refractivity contribution is -0.119. The highest BCUT2D eigenvalue weighted by Crippen LogP contribution is 2.18. The molecule has 1 atom stereocenters. The van der Waals surface area contributed by atoms with Gasteiger partial charge in [-0.25, -0.2) is 0 Å². The van der Waals surface area contributed by atoms with Crippen molar-refractivity contribution in [3.63, 3.8) is 0 Å². The first-order chi connectivity index (χ1) is 11.7. The molecule has 24 heavy (non-hydrogen) atoms. The predicted octanol–water partition coefficient (Wildman–Crippen LogP) is 3.48. The third-order valence-electron chi connectivity index (χ3n) is 3.68. The fraction of sp³-hybridized carbons (Fsp3) is 0.235. The van der Waals surface area contributed by atoms with Gasteiger partial charge in [0.25, 0.3) is 0 Å². The molecule has 0 saturated heterocycles. The third kappa shape index (κ3) is 3.91. The second-order valence-electron chi connectivity index (χ2n) is 5.46. The Labute approximate surface area is 148 Å². The zero-order chi connectivity index (χ0) is 16.9. The van der Waals surface area contributed by atoms with E-state index in [4.69, 9.17) is 0 Å². The molecular weight excluding hydrogens is 370 g/mol. The molecule has 0 bridgehead atoms. The second kappa shape index (κ2) is 7.44. The number of amides is 1. The van der Waals surface area contributed by atoms with E-state index < -0.39 is 0 Å². The van der Waals surface area contributed by atoms with Crippen LogP contribution < -0.4 is 5.32 Å². The van der Waals surface area contributed by atoms with Gasteiger partial charge in [0, 0.05) is 24.3 Å². The van der Waals surface area contributed by atoms with E-state index in [2.05, 4.69) is 31.4 Å². The Bertz CT molecular complexity index is 812. The van der Waals surface area contributed by atoms with Crippen LogP contribution in [0.2, 0.25) is 0 Å². The number of halogens is 1. The minimum absolute atomic E-state index is 0.0793. The number of hydrogen-bond donors (Lipinski definition) is 1. The van der Waals surface area contributed by atoms with Gasteiger partial charge in [0.2, 0.25) is 5.91 Å². The van der Waals surface area contributed by atoms with Crippen LogP contribution in [0.4, 0.5) is 5.69 Å². The van der Waals surface area contributed by atoms with Crippen molar-refractivity contribution >= 4 is 27.5 Å². The Kier molecular flexibility index (Phi) is 5.10. The number of benzene rings is 1. The first kappa shape index (κ1) is 16.4. The maximum atomic E-state index is 12.6. The number of nitrogens with one attached hydrogen (secondary N) is 1. The van der Waals surface area contributed by atoms with Crippen LogP contribution in [-0.4, -0.2) is 25.5 Å². The lowest BCUT2D eigenvalue weighted by Gasteiger charge is -2.16. The van der Waals surface area contributed by atoms with Gasteiger partial charge < -0.3 is 5.32 Å². The van der Waals surface area contributed by atoms with Gasteiger partial charge in [-0.3, -0.25) is 14.2 Å². The van der Waals surface area contributed by atoms with Crippen LogP contribution >= 0.6 is 15.9 Å². The highest BCUT2D eigenvalue weighted by molar-refractivity contribution is 9.10. The molecule has 2 aromatic heterocycles. The summed E-state index contributed by atoms with van der Waals surface area (Å²) in [5, 5.41) is 11.4. The molecule has 1 unspecified atom stereocenters. The van der Waals surface area contributed by atoms with Gasteiger partial charge >= 0.3 is 0 Å². The van der Waals surface area contributed by atoms with Gasteiger partial charge in [-0.2, -0.15) is 10.2 Å². The Morgan fingerprint density at radius 1 is 1.33 bits per heavy atom. The number of anilines is 1. The van der Waals surface area contributed by atoms with Gasteiger partial charge in [0.05, 0.1) is 17.2 Å². The minimum atomic E-state index is -0.342. The molecule has 0 radical (unpaired) electrons. The zero-order valence-corrected chi connectivity index (χ0v) is 14.8. The Balaban J connectivity index is 1.71. The summed E-state index contributed by atoms with van der Waals surface area (Å²) in [6, 6.07) is 9.34. The number of rotatable bonds is 6. The van der Waals surface area contributed by atoms with Gasteiger partial charge in [-0.15, -0.1) is 0 Å². The van der Waals surface area contributed by atoms with Crippen molar-refractivity contribution in [1.82, 2.24) is 19.6 Å². The van der Waals surface area contributed by atoms with Crippen molar-refractivity contribution in [1.29, 1.82) is 0 Å². The normalized spacial score (nSPS) is 12.1. The number of nitrogens with zero attached hydrogens (tertiary/aromatic N) is 4. The second-order valence-corrected chi connectivity index (χ2v) is 6.37. The molecule has 3 aromatic rings. The van der Waals surface area contributed by atoms with E-state index in [0.29, 0.717) is 13.0 Å². The van der Waals surface area contributed by atoms with Gasteiger partial charge in [0.1, 0.15) is 6.04 Å². The van der Waals surface area contributed by atoms with Crippen molar-refractivity contribution in [3.05, 3.63) is 65.2 Å². The molecule has 124 valence electrons. The SMILES string of the molecule is CCC(C(=O)Nc1cccc(Cn2cccn2)c1)n1cc(Br)cn1. The van der Waals surface area contributed by atoms with Crippen molar-refractivity contribution in [2.75, 3.05) is 5.32 Å². The summed E-state index contributed by atoms with van der Waals surface area (Å²) >= 11 is 3.36. The maximum Gasteiger partial charge on any atom is 0.249 e. The van der Waals surface area contributed by atoms with E-state index in [1.54, 1.807) is 17.1 Å². The number of hydrogen-bond acceptors (Lipinski definition) is 3. The highest BCUT2D eigenvalue weighted by atomic mass is 79.9. The summed E-state index contributed by atoms with van der Waals surface area (Å²) in [5.41, 5.74) is 1.85. The van der Waals surface area contributed by atoms with Gasteiger partial charge in [-0.1, -0.05) is 19.1 Å². The molecule has 1 aromatic carbocycles. The number of carbonyl (C=O) groups is 1. The third-order valence-corrected chi connectivity index (χ3v) is 4.09. The van der Waals surface area contributed by atoms with Crippen LogP contribution in [0.3, 0.4) is 0 Å². The molecule has 0 saturated carbocycles. The summed E-state index contributed by atoms with van der Waals surface area (Å²) in [5.74, 6) is -0.0793. The molecule has 6 nitrogen and oxygen atoms in total. The quantitative estimate of drug-likeness (QED) is 0.703. The van der Waals surface area contributed by atoms with Crippen molar-refractivity contribution in [3.8, 4) is 0 Å². The van der Waals surface area contributed by atoms with Crippen LogP contribution in [0, 0.1) is 0 Å². The molecule has 3 rings (SSSR count). The monoisotopic (exact) mass is 387 g/mol. The van der Waals surface area contributed by atoms with Crippen molar-refractivity contribution in [2.24, 2.45) is 0 Å². The summed E-state index contributed by atoms with van der Waals surface area (Å²) in [6.07, 6.45) is 7.81. The van der Waals surface area contributed by atoms with Crippen LogP contribution in [-0.2, 0) is 11.3 Å². The Morgan fingerprint density at radius 3 is 2.88 bits per heavy atom. The summed E-state index contributed by atoms with van der Waals surface area (Å²) in [4.78, 5) is 12.6. The van der Waals surface area contributed by atoms with E-state index in [0.717, 1.165) is 15.7 Å². The molecule has 0 spiro atoms. The fourth-order valence-electron chi connectivity index (χ4n) is 2.53. The van der Waals surface area contributed by atoms with E-state index in [-0.39, 0.29) is 11.9 Å². The summed E-state index contributed by atoms with van der Waals surface area (Å²) < 4.78 is 4.37. The summed E-state index contributed by atoms with van der Waals surface area (Å²) in [6.45, 7) is 2.63. The highest BCUT2D eigenvalue weighted by Gasteiger charge is 2.19. The van der Waals surface area contributed by atoms with Crippen LogP contribution in [0.1, 0.15) is 24.9 Å². The van der Waals surface area contributed by atoms with Gasteiger partial charge in [-0.05, 0) is 46.1 Å². The minimum Gasteiger partial charge on any atom is -0.324 e. The van der Waals surface area contributed by atoms with E-state index in [1.807, 2.05) is 54.3 Å². The molecule has 1 N–H and O–H groups in total. The molecule has 0 aliphatic rings. The van der Waals surface area contributed by atoms with Crippen molar-refractivity contribution < 1.29 is 4.79 Å². The van der Waals surface area contributed by atoms with Crippen LogP contribution in [0.25, 0.3) is 0 Å².